The van der Waals surface area contributed by atoms with Crippen LogP contribution in [0.2, 0.25) is 0 Å². The molecule has 0 unspecified atom stereocenters. The fraction of sp³-hybridized carbons (Fsp3) is 0.440. The normalized spacial score (nSPS) is 26.0. The number of fused-ring (bicyclic) bond motifs is 1. The molecule has 2 bridgehead atoms. The molecule has 0 amide bonds. The lowest BCUT2D eigenvalue weighted by molar-refractivity contribution is -0.126. The van der Waals surface area contributed by atoms with E-state index in [-0.39, 0.29) is 28.7 Å². The molecule has 2 aliphatic carbocycles. The molecule has 1 N–H and O–H groups in total. The number of phenols is 1. The highest BCUT2D eigenvalue weighted by molar-refractivity contribution is 5.82. The van der Waals surface area contributed by atoms with E-state index in [1.807, 2.05) is 36.4 Å². The molecular weight excluding hydrogens is 434 g/mol. The number of likely N-dealkylation sites (N-methyl/N-ethyl adjacent to an activating group) is 1. The van der Waals surface area contributed by atoms with E-state index in [0.29, 0.717) is 30.6 Å². The predicted molar refractivity (Wildman–Crippen MR) is 123 cm³/mol. The number of phenolic OH excluding ortho intramolecular Hbond substituents is 1. The molecule has 176 valence electrons. The number of hydrogen-bond donors (Lipinski definition) is 1. The van der Waals surface area contributed by atoms with Gasteiger partial charge in [0.25, 0.3) is 0 Å². The Labute approximate surface area is 197 Å². The van der Waals surface area contributed by atoms with Crippen LogP contribution in [0.5, 0.6) is 23.3 Å². The zero-order valence-electron chi connectivity index (χ0n) is 19.3. The molecule has 2 fully saturated rings. The molecule has 0 spiro atoms. The van der Waals surface area contributed by atoms with Crippen molar-refractivity contribution in [1.29, 1.82) is 0 Å². The molecule has 1 aliphatic heterocycles. The Bertz CT molecular complexity index is 1260. The molecule has 2 heterocycles. The van der Waals surface area contributed by atoms with Crippen molar-refractivity contribution in [3.63, 3.8) is 0 Å². The number of nitrogens with zero attached hydrogens (tertiary/aromatic N) is 5. The Morgan fingerprint density at radius 2 is 2.06 bits per heavy atom. The maximum absolute atomic E-state index is 12.6. The number of hydrogen-bond acceptors (Lipinski definition) is 8. The zero-order valence-corrected chi connectivity index (χ0v) is 19.3. The third kappa shape index (κ3) is 3.03. The van der Waals surface area contributed by atoms with E-state index in [4.69, 9.17) is 9.47 Å². The molecule has 3 aromatic rings. The lowest BCUT2D eigenvalue weighted by Crippen LogP contribution is -2.60. The molecule has 0 radical (unpaired) electrons. The van der Waals surface area contributed by atoms with Gasteiger partial charge in [-0.25, -0.2) is 0 Å². The molecule has 1 saturated heterocycles. The number of carbonyl (C=O) groups is 1. The number of likely N-dealkylation sites (tertiary alicyclic amines) is 1. The Kier molecular flexibility index (Phi) is 4.84. The summed E-state index contributed by atoms with van der Waals surface area (Å²) in [6.45, 7) is 0.903. The molecule has 9 nitrogen and oxygen atoms in total. The Hall–Kier alpha value is -3.46. The van der Waals surface area contributed by atoms with E-state index >= 15 is 0 Å². The number of ketones is 1. The van der Waals surface area contributed by atoms with Gasteiger partial charge in [-0.05, 0) is 73.0 Å². The number of piperidine rings is 1. The van der Waals surface area contributed by atoms with Crippen molar-refractivity contribution in [1.82, 2.24) is 25.1 Å². The first kappa shape index (κ1) is 21.1. The summed E-state index contributed by atoms with van der Waals surface area (Å²) >= 11 is 0. The first-order valence-electron chi connectivity index (χ1n) is 11.7. The van der Waals surface area contributed by atoms with Gasteiger partial charge in [-0.3, -0.25) is 4.79 Å². The number of Topliss-reactive ketones (excluding diaryl/α,β-unsaturated/α-hetero) is 1. The molecule has 9 heteroatoms. The standard InChI is InChI=1S/C25H27N5O4/c1-29-11-10-25-14-17(31)8-9-18(25)19(29)12-15-13-20(23(33-2)22(32)21(15)25)34-24-26-27-28-30(24)16-6-4-3-5-7-16/h3-7,13,18-19,32H,8-12,14H2,1-2H3/t18-,19-,25+/m0/s1. The van der Waals surface area contributed by atoms with Crippen LogP contribution in [0.4, 0.5) is 0 Å². The van der Waals surface area contributed by atoms with Crippen LogP contribution < -0.4 is 9.47 Å². The third-order valence-corrected chi connectivity index (χ3v) is 7.97. The number of ether oxygens (including phenoxy) is 2. The second-order valence-corrected chi connectivity index (χ2v) is 9.62. The van der Waals surface area contributed by atoms with Gasteiger partial charge in [-0.2, -0.15) is 4.68 Å². The van der Waals surface area contributed by atoms with Crippen LogP contribution in [0.3, 0.4) is 0 Å². The summed E-state index contributed by atoms with van der Waals surface area (Å²) in [7, 11) is 3.67. The maximum atomic E-state index is 12.6. The van der Waals surface area contributed by atoms with Crippen molar-refractivity contribution in [3.8, 4) is 28.9 Å². The summed E-state index contributed by atoms with van der Waals surface area (Å²) in [5.74, 6) is 1.27. The smallest absolute Gasteiger partial charge is 0.346 e. The topological polar surface area (TPSA) is 103 Å². The van der Waals surface area contributed by atoms with Crippen molar-refractivity contribution >= 4 is 5.78 Å². The van der Waals surface area contributed by atoms with Gasteiger partial charge in [0, 0.05) is 29.9 Å². The minimum absolute atomic E-state index is 0.0661. The SMILES string of the molecule is COc1c(Oc2nnnn2-c2ccccc2)cc2c(c1O)[C@@]13CCN(C)[C@@H](C2)[C@@H]1CCC(=O)C3. The van der Waals surface area contributed by atoms with Gasteiger partial charge in [0.1, 0.15) is 5.78 Å². The zero-order chi connectivity index (χ0) is 23.4. The Balaban J connectivity index is 1.47. The first-order chi connectivity index (χ1) is 16.5. The lowest BCUT2D eigenvalue weighted by Gasteiger charge is -2.58. The Morgan fingerprint density at radius 3 is 2.85 bits per heavy atom. The van der Waals surface area contributed by atoms with Crippen LogP contribution in [0.25, 0.3) is 5.69 Å². The number of benzene rings is 2. The summed E-state index contributed by atoms with van der Waals surface area (Å²) in [6, 6.07) is 11.9. The second kappa shape index (κ2) is 7.80. The van der Waals surface area contributed by atoms with Crippen LogP contribution in [0.1, 0.15) is 36.8 Å². The number of para-hydroxylation sites is 1. The summed E-state index contributed by atoms with van der Waals surface area (Å²) in [4.78, 5) is 15.0. The molecule has 1 aromatic heterocycles. The molecule has 34 heavy (non-hydrogen) atoms. The highest BCUT2D eigenvalue weighted by Gasteiger charge is 2.56. The highest BCUT2D eigenvalue weighted by atomic mass is 16.5. The number of methoxy groups -OCH3 is 1. The largest absolute Gasteiger partial charge is 0.504 e. The number of carbonyl (C=O) groups excluding carboxylic acids is 1. The number of aromatic nitrogens is 4. The van der Waals surface area contributed by atoms with E-state index in [2.05, 4.69) is 27.5 Å². The minimum atomic E-state index is -0.360. The van der Waals surface area contributed by atoms with Gasteiger partial charge in [0.15, 0.2) is 11.5 Å². The van der Waals surface area contributed by atoms with Crippen LogP contribution in [-0.4, -0.2) is 62.7 Å². The van der Waals surface area contributed by atoms with Crippen LogP contribution in [0, 0.1) is 5.92 Å². The number of tetrazole rings is 1. The minimum Gasteiger partial charge on any atom is -0.504 e. The highest BCUT2D eigenvalue weighted by Crippen LogP contribution is 2.60. The van der Waals surface area contributed by atoms with E-state index in [9.17, 15) is 9.90 Å². The van der Waals surface area contributed by atoms with E-state index < -0.39 is 0 Å². The predicted octanol–water partition coefficient (Wildman–Crippen LogP) is 3.04. The number of rotatable bonds is 4. The van der Waals surface area contributed by atoms with Gasteiger partial charge in [0.2, 0.25) is 5.75 Å². The van der Waals surface area contributed by atoms with Gasteiger partial charge in [0.05, 0.1) is 12.8 Å². The molecule has 6 rings (SSSR count). The molecule has 3 aliphatic rings. The van der Waals surface area contributed by atoms with Gasteiger partial charge < -0.3 is 19.5 Å². The average molecular weight is 462 g/mol. The third-order valence-electron chi connectivity index (χ3n) is 7.97. The van der Waals surface area contributed by atoms with Crippen molar-refractivity contribution in [3.05, 3.63) is 47.5 Å². The van der Waals surface area contributed by atoms with Crippen LogP contribution >= 0.6 is 0 Å². The summed E-state index contributed by atoms with van der Waals surface area (Å²) in [5, 5.41) is 23.4. The summed E-state index contributed by atoms with van der Waals surface area (Å²) in [5.41, 5.74) is 2.25. The first-order valence-corrected chi connectivity index (χ1v) is 11.7. The summed E-state index contributed by atoms with van der Waals surface area (Å²) in [6.07, 6.45) is 3.57. The molecule has 1 saturated carbocycles. The fourth-order valence-corrected chi connectivity index (χ4v) is 6.51. The molecule has 3 atom stereocenters. The van der Waals surface area contributed by atoms with Crippen molar-refractivity contribution in [2.45, 2.75) is 43.6 Å². The van der Waals surface area contributed by atoms with Gasteiger partial charge in [-0.1, -0.05) is 23.3 Å². The van der Waals surface area contributed by atoms with E-state index in [1.165, 1.54) is 11.8 Å². The van der Waals surface area contributed by atoms with E-state index in [1.54, 1.807) is 0 Å². The molecule has 2 aromatic carbocycles. The summed E-state index contributed by atoms with van der Waals surface area (Å²) < 4.78 is 13.3. The van der Waals surface area contributed by atoms with Crippen LogP contribution in [0.15, 0.2) is 36.4 Å². The maximum Gasteiger partial charge on any atom is 0.346 e. The molecular formula is C25H27N5O4. The van der Waals surface area contributed by atoms with Gasteiger partial charge >= 0.3 is 6.01 Å². The number of aromatic hydroxyl groups is 1. The van der Waals surface area contributed by atoms with E-state index in [0.717, 1.165) is 42.6 Å². The van der Waals surface area contributed by atoms with Crippen molar-refractivity contribution in [2.24, 2.45) is 5.92 Å². The monoisotopic (exact) mass is 461 g/mol. The Morgan fingerprint density at radius 1 is 1.24 bits per heavy atom. The van der Waals surface area contributed by atoms with Crippen molar-refractivity contribution in [2.75, 3.05) is 20.7 Å². The van der Waals surface area contributed by atoms with Gasteiger partial charge in [-0.15, -0.1) is 0 Å². The lowest BCUT2D eigenvalue weighted by atomic mass is 9.52. The fourth-order valence-electron chi connectivity index (χ4n) is 6.51. The van der Waals surface area contributed by atoms with Crippen molar-refractivity contribution < 1.29 is 19.4 Å². The second-order valence-electron chi connectivity index (χ2n) is 9.62. The average Bonchev–Trinajstić information content (AvgIpc) is 3.30. The van der Waals surface area contributed by atoms with Crippen LogP contribution in [-0.2, 0) is 16.6 Å². The quantitative estimate of drug-likeness (QED) is 0.633.